The topological polar surface area (TPSA) is 55.6 Å². The number of hydrogen-bond acceptors (Lipinski definition) is 4. The Kier molecular flexibility index (Phi) is 6.20. The average Bonchev–Trinajstić information content (AvgIpc) is 2.36. The Labute approximate surface area is 125 Å². The van der Waals surface area contributed by atoms with E-state index in [0.29, 0.717) is 17.2 Å². The summed E-state index contributed by atoms with van der Waals surface area (Å²) in [5, 5.41) is 0. The normalized spacial score (nSPS) is 10.9. The third-order valence-electron chi connectivity index (χ3n) is 2.94. The molecule has 0 radical (unpaired) electrons. The molecule has 0 aliphatic rings. The molecule has 0 spiro atoms. The highest BCUT2D eigenvalue weighted by molar-refractivity contribution is 8.00. The molecule has 0 aliphatic heterocycles. The Morgan fingerprint density at radius 2 is 1.90 bits per heavy atom. The van der Waals surface area contributed by atoms with Crippen LogP contribution in [-0.2, 0) is 4.79 Å². The second-order valence-electron chi connectivity index (χ2n) is 5.19. The van der Waals surface area contributed by atoms with Crippen molar-refractivity contribution >= 4 is 23.4 Å². The van der Waals surface area contributed by atoms with Crippen LogP contribution in [0, 0.1) is 0 Å². The van der Waals surface area contributed by atoms with E-state index >= 15 is 0 Å². The number of thioether (sulfide) groups is 1. The van der Waals surface area contributed by atoms with Gasteiger partial charge in [0.25, 0.3) is 0 Å². The Morgan fingerprint density at radius 1 is 1.30 bits per heavy atom. The molecule has 0 atom stereocenters. The summed E-state index contributed by atoms with van der Waals surface area (Å²) in [6.07, 6.45) is 0. The standard InChI is InChI=1S/C15H24N2O2S/c1-10(2)17(11(3)4)15(18)9-20-14-7-6-12(16)8-13(14)19-5/h6-8,10-11H,9,16H2,1-5H3. The summed E-state index contributed by atoms with van der Waals surface area (Å²) < 4.78 is 5.29. The lowest BCUT2D eigenvalue weighted by molar-refractivity contribution is -0.131. The highest BCUT2D eigenvalue weighted by Crippen LogP contribution is 2.31. The lowest BCUT2D eigenvalue weighted by Crippen LogP contribution is -2.43. The minimum Gasteiger partial charge on any atom is -0.496 e. The number of carbonyl (C=O) groups excluding carboxylic acids is 1. The molecule has 1 rings (SSSR count). The van der Waals surface area contributed by atoms with Gasteiger partial charge in [-0.25, -0.2) is 0 Å². The van der Waals surface area contributed by atoms with Gasteiger partial charge in [0.05, 0.1) is 12.9 Å². The zero-order valence-electron chi connectivity index (χ0n) is 12.8. The van der Waals surface area contributed by atoms with Crippen molar-refractivity contribution in [1.82, 2.24) is 4.90 Å². The molecule has 20 heavy (non-hydrogen) atoms. The molecule has 1 amide bonds. The van der Waals surface area contributed by atoms with E-state index in [-0.39, 0.29) is 18.0 Å². The van der Waals surface area contributed by atoms with Crippen molar-refractivity contribution in [2.45, 2.75) is 44.7 Å². The van der Waals surface area contributed by atoms with Gasteiger partial charge in [0.2, 0.25) is 5.91 Å². The van der Waals surface area contributed by atoms with E-state index in [9.17, 15) is 4.79 Å². The number of benzene rings is 1. The first-order valence-corrected chi connectivity index (χ1v) is 7.72. The fourth-order valence-electron chi connectivity index (χ4n) is 2.19. The number of amides is 1. The fourth-order valence-corrected chi connectivity index (χ4v) is 3.07. The molecule has 0 saturated carbocycles. The van der Waals surface area contributed by atoms with E-state index in [1.165, 1.54) is 11.8 Å². The van der Waals surface area contributed by atoms with Gasteiger partial charge in [0.15, 0.2) is 0 Å². The van der Waals surface area contributed by atoms with Gasteiger partial charge in [-0.3, -0.25) is 4.79 Å². The van der Waals surface area contributed by atoms with Crippen LogP contribution in [0.1, 0.15) is 27.7 Å². The summed E-state index contributed by atoms with van der Waals surface area (Å²) in [6, 6.07) is 5.89. The maximum absolute atomic E-state index is 12.3. The summed E-state index contributed by atoms with van der Waals surface area (Å²) in [5.74, 6) is 1.25. The van der Waals surface area contributed by atoms with Crippen molar-refractivity contribution in [3.8, 4) is 5.75 Å². The van der Waals surface area contributed by atoms with Crippen molar-refractivity contribution in [2.75, 3.05) is 18.6 Å². The van der Waals surface area contributed by atoms with Gasteiger partial charge in [-0.05, 0) is 39.8 Å². The molecule has 112 valence electrons. The third kappa shape index (κ3) is 4.34. The van der Waals surface area contributed by atoms with Gasteiger partial charge >= 0.3 is 0 Å². The summed E-state index contributed by atoms with van der Waals surface area (Å²) in [5.41, 5.74) is 6.38. The first-order valence-electron chi connectivity index (χ1n) is 6.74. The summed E-state index contributed by atoms with van der Waals surface area (Å²) >= 11 is 1.48. The van der Waals surface area contributed by atoms with E-state index in [0.717, 1.165) is 4.90 Å². The Bertz CT molecular complexity index is 453. The van der Waals surface area contributed by atoms with Crippen molar-refractivity contribution in [3.63, 3.8) is 0 Å². The minimum absolute atomic E-state index is 0.138. The van der Waals surface area contributed by atoms with Crippen molar-refractivity contribution in [3.05, 3.63) is 18.2 Å². The number of anilines is 1. The van der Waals surface area contributed by atoms with Gasteiger partial charge in [-0.2, -0.15) is 0 Å². The molecule has 0 unspecified atom stereocenters. The molecule has 0 fully saturated rings. The van der Waals surface area contributed by atoms with Crippen LogP contribution in [0.5, 0.6) is 5.75 Å². The number of rotatable bonds is 6. The Balaban J connectivity index is 2.74. The highest BCUT2D eigenvalue weighted by Gasteiger charge is 2.20. The lowest BCUT2D eigenvalue weighted by Gasteiger charge is -2.30. The second-order valence-corrected chi connectivity index (χ2v) is 6.20. The zero-order valence-corrected chi connectivity index (χ0v) is 13.7. The SMILES string of the molecule is COc1cc(N)ccc1SCC(=O)N(C(C)C)C(C)C. The third-order valence-corrected chi connectivity index (χ3v) is 3.98. The van der Waals surface area contributed by atoms with Gasteiger partial charge in [-0.15, -0.1) is 11.8 Å². The van der Waals surface area contributed by atoms with E-state index in [4.69, 9.17) is 10.5 Å². The average molecular weight is 296 g/mol. The monoisotopic (exact) mass is 296 g/mol. The molecule has 0 bridgehead atoms. The predicted molar refractivity (Wildman–Crippen MR) is 85.2 cm³/mol. The maximum Gasteiger partial charge on any atom is 0.233 e. The van der Waals surface area contributed by atoms with Gasteiger partial charge in [0.1, 0.15) is 5.75 Å². The number of carbonyl (C=O) groups is 1. The summed E-state index contributed by atoms with van der Waals surface area (Å²) in [4.78, 5) is 15.1. The largest absolute Gasteiger partial charge is 0.496 e. The van der Waals surface area contributed by atoms with E-state index < -0.39 is 0 Å². The van der Waals surface area contributed by atoms with E-state index in [1.54, 1.807) is 13.2 Å². The molecular formula is C15H24N2O2S. The second kappa shape index (κ2) is 7.43. The number of nitrogens with zero attached hydrogens (tertiary/aromatic N) is 1. The van der Waals surface area contributed by atoms with Crippen molar-refractivity contribution < 1.29 is 9.53 Å². The molecule has 1 aromatic carbocycles. The Hall–Kier alpha value is -1.36. The van der Waals surface area contributed by atoms with Crippen LogP contribution in [0.25, 0.3) is 0 Å². The molecule has 4 nitrogen and oxygen atoms in total. The predicted octanol–water partition coefficient (Wildman–Crippen LogP) is 3.01. The number of nitrogens with two attached hydrogens (primary N) is 1. The van der Waals surface area contributed by atoms with E-state index in [2.05, 4.69) is 0 Å². The van der Waals surface area contributed by atoms with E-state index in [1.807, 2.05) is 44.7 Å². The summed E-state index contributed by atoms with van der Waals surface area (Å²) in [6.45, 7) is 8.14. The lowest BCUT2D eigenvalue weighted by atomic mass is 10.2. The number of hydrogen-bond donors (Lipinski definition) is 1. The minimum atomic E-state index is 0.138. The Morgan fingerprint density at radius 3 is 2.40 bits per heavy atom. The van der Waals surface area contributed by atoms with Gasteiger partial charge in [0, 0.05) is 28.7 Å². The number of methoxy groups -OCH3 is 1. The first kappa shape index (κ1) is 16.7. The number of ether oxygens (including phenoxy) is 1. The van der Waals surface area contributed by atoms with Crippen LogP contribution in [0.2, 0.25) is 0 Å². The van der Waals surface area contributed by atoms with Crippen LogP contribution in [0.4, 0.5) is 5.69 Å². The molecular weight excluding hydrogens is 272 g/mol. The van der Waals surface area contributed by atoms with Gasteiger partial charge < -0.3 is 15.4 Å². The van der Waals surface area contributed by atoms with Crippen molar-refractivity contribution in [1.29, 1.82) is 0 Å². The number of nitrogen functional groups attached to an aromatic ring is 1. The zero-order chi connectivity index (χ0) is 15.3. The molecule has 0 aliphatic carbocycles. The van der Waals surface area contributed by atoms with Gasteiger partial charge in [-0.1, -0.05) is 0 Å². The highest BCUT2D eigenvalue weighted by atomic mass is 32.2. The summed E-state index contributed by atoms with van der Waals surface area (Å²) in [7, 11) is 1.61. The van der Waals surface area contributed by atoms with Crippen LogP contribution in [0.3, 0.4) is 0 Å². The molecule has 0 saturated heterocycles. The maximum atomic E-state index is 12.3. The molecule has 1 aromatic rings. The smallest absolute Gasteiger partial charge is 0.233 e. The van der Waals surface area contributed by atoms with Crippen LogP contribution in [-0.4, -0.2) is 35.8 Å². The van der Waals surface area contributed by atoms with Crippen molar-refractivity contribution in [2.24, 2.45) is 0 Å². The quantitative estimate of drug-likeness (QED) is 0.647. The fraction of sp³-hybridized carbons (Fsp3) is 0.533. The molecule has 0 heterocycles. The van der Waals surface area contributed by atoms with Crippen LogP contribution < -0.4 is 10.5 Å². The van der Waals surface area contributed by atoms with Crippen LogP contribution in [0.15, 0.2) is 23.1 Å². The molecule has 2 N–H and O–H groups in total. The molecule has 0 aromatic heterocycles. The first-order chi connectivity index (χ1) is 9.36. The van der Waals surface area contributed by atoms with Crippen LogP contribution >= 0.6 is 11.8 Å². The molecule has 5 heteroatoms.